The molecule has 2 rings (SSSR count). The highest BCUT2D eigenvalue weighted by Crippen LogP contribution is 2.26. The number of hydrogen-bond acceptors (Lipinski definition) is 4. The molecule has 1 fully saturated rings. The molecule has 1 aromatic heterocycles. The van der Waals surface area contributed by atoms with Gasteiger partial charge in [0.25, 0.3) is 0 Å². The van der Waals surface area contributed by atoms with Crippen LogP contribution in [0.2, 0.25) is 0 Å². The Balaban J connectivity index is 1.80. The Morgan fingerprint density at radius 3 is 2.94 bits per heavy atom. The first-order chi connectivity index (χ1) is 8.27. The van der Waals surface area contributed by atoms with Crippen molar-refractivity contribution in [2.24, 2.45) is 5.41 Å². The first kappa shape index (κ1) is 11.6. The SMILES string of the molecule is N#CC1(C(=O)NCCc2ccccn2)COC1. The molecular weight excluding hydrogens is 218 g/mol. The van der Waals surface area contributed by atoms with Crippen LogP contribution in [0.15, 0.2) is 24.4 Å². The Morgan fingerprint density at radius 1 is 1.59 bits per heavy atom. The van der Waals surface area contributed by atoms with Gasteiger partial charge in [-0.05, 0) is 12.1 Å². The first-order valence-corrected chi connectivity index (χ1v) is 5.44. The summed E-state index contributed by atoms with van der Waals surface area (Å²) in [5, 5.41) is 11.7. The van der Waals surface area contributed by atoms with E-state index in [1.54, 1.807) is 6.20 Å². The lowest BCUT2D eigenvalue weighted by Crippen LogP contribution is -2.53. The van der Waals surface area contributed by atoms with Crippen LogP contribution in [0, 0.1) is 16.7 Å². The van der Waals surface area contributed by atoms with E-state index in [0.717, 1.165) is 5.69 Å². The van der Waals surface area contributed by atoms with Gasteiger partial charge in [-0.15, -0.1) is 0 Å². The van der Waals surface area contributed by atoms with Crippen LogP contribution in [-0.4, -0.2) is 30.6 Å². The minimum atomic E-state index is -0.968. The third-order valence-electron chi connectivity index (χ3n) is 2.74. The number of aromatic nitrogens is 1. The summed E-state index contributed by atoms with van der Waals surface area (Å²) >= 11 is 0. The lowest BCUT2D eigenvalue weighted by Gasteiger charge is -2.33. The van der Waals surface area contributed by atoms with Crippen LogP contribution in [0.5, 0.6) is 0 Å². The van der Waals surface area contributed by atoms with Gasteiger partial charge in [-0.1, -0.05) is 6.07 Å². The summed E-state index contributed by atoms with van der Waals surface area (Å²) in [5.74, 6) is -0.248. The number of carbonyl (C=O) groups is 1. The Labute approximate surface area is 99.4 Å². The van der Waals surface area contributed by atoms with E-state index in [-0.39, 0.29) is 19.1 Å². The number of nitrogens with one attached hydrogen (secondary N) is 1. The van der Waals surface area contributed by atoms with Crippen molar-refractivity contribution in [1.29, 1.82) is 5.26 Å². The van der Waals surface area contributed by atoms with Crippen molar-refractivity contribution in [3.05, 3.63) is 30.1 Å². The maximum Gasteiger partial charge on any atom is 0.245 e. The number of nitrogens with zero attached hydrogens (tertiary/aromatic N) is 2. The zero-order valence-corrected chi connectivity index (χ0v) is 9.35. The van der Waals surface area contributed by atoms with E-state index in [1.165, 1.54) is 0 Å². The molecule has 0 saturated carbocycles. The number of pyridine rings is 1. The molecular formula is C12H13N3O2. The van der Waals surface area contributed by atoms with Crippen LogP contribution < -0.4 is 5.32 Å². The van der Waals surface area contributed by atoms with E-state index in [4.69, 9.17) is 10.00 Å². The fraction of sp³-hybridized carbons (Fsp3) is 0.417. The van der Waals surface area contributed by atoms with Crippen molar-refractivity contribution >= 4 is 5.91 Å². The largest absolute Gasteiger partial charge is 0.377 e. The molecule has 0 spiro atoms. The van der Waals surface area contributed by atoms with E-state index in [0.29, 0.717) is 13.0 Å². The number of amides is 1. The monoisotopic (exact) mass is 231 g/mol. The molecule has 0 aliphatic carbocycles. The Bertz CT molecular complexity index is 435. The molecule has 1 amide bonds. The minimum Gasteiger partial charge on any atom is -0.377 e. The molecule has 1 aromatic rings. The summed E-state index contributed by atoms with van der Waals surface area (Å²) in [6.07, 6.45) is 2.38. The Morgan fingerprint density at radius 2 is 2.41 bits per heavy atom. The third kappa shape index (κ3) is 2.43. The van der Waals surface area contributed by atoms with Crippen LogP contribution in [0.4, 0.5) is 0 Å². The van der Waals surface area contributed by atoms with Crippen molar-refractivity contribution in [1.82, 2.24) is 10.3 Å². The van der Waals surface area contributed by atoms with E-state index in [1.807, 2.05) is 24.3 Å². The van der Waals surface area contributed by atoms with Crippen LogP contribution in [-0.2, 0) is 16.0 Å². The molecule has 1 aliphatic heterocycles. The third-order valence-corrected chi connectivity index (χ3v) is 2.74. The lowest BCUT2D eigenvalue weighted by atomic mass is 9.87. The zero-order valence-electron chi connectivity index (χ0n) is 9.35. The maximum atomic E-state index is 11.7. The topological polar surface area (TPSA) is 75.0 Å². The average molecular weight is 231 g/mol. The predicted molar refractivity (Wildman–Crippen MR) is 59.8 cm³/mol. The second-order valence-corrected chi connectivity index (χ2v) is 4.01. The maximum absolute atomic E-state index is 11.7. The molecule has 17 heavy (non-hydrogen) atoms. The van der Waals surface area contributed by atoms with Crippen molar-refractivity contribution in [3.63, 3.8) is 0 Å². The number of ether oxygens (including phenoxy) is 1. The number of carbonyl (C=O) groups excluding carboxylic acids is 1. The highest BCUT2D eigenvalue weighted by atomic mass is 16.5. The van der Waals surface area contributed by atoms with Crippen molar-refractivity contribution in [3.8, 4) is 6.07 Å². The smallest absolute Gasteiger partial charge is 0.245 e. The van der Waals surface area contributed by atoms with Gasteiger partial charge in [0.05, 0.1) is 19.3 Å². The quantitative estimate of drug-likeness (QED) is 0.807. The fourth-order valence-corrected chi connectivity index (χ4v) is 1.57. The van der Waals surface area contributed by atoms with Gasteiger partial charge in [0.15, 0.2) is 5.41 Å². The summed E-state index contributed by atoms with van der Waals surface area (Å²) in [7, 11) is 0. The van der Waals surface area contributed by atoms with Crippen molar-refractivity contribution in [2.45, 2.75) is 6.42 Å². The average Bonchev–Trinajstić information content (AvgIpc) is 2.30. The van der Waals surface area contributed by atoms with Gasteiger partial charge >= 0.3 is 0 Å². The van der Waals surface area contributed by atoms with Gasteiger partial charge < -0.3 is 10.1 Å². The standard InChI is InChI=1S/C12H13N3O2/c13-7-12(8-17-9-12)11(16)15-6-4-10-3-1-2-5-14-10/h1-3,5H,4,6,8-9H2,(H,15,16). The molecule has 2 heterocycles. The van der Waals surface area contributed by atoms with Crippen molar-refractivity contribution < 1.29 is 9.53 Å². The van der Waals surface area contributed by atoms with E-state index < -0.39 is 5.41 Å². The van der Waals surface area contributed by atoms with Gasteiger partial charge in [-0.25, -0.2) is 0 Å². The number of hydrogen-bond donors (Lipinski definition) is 1. The molecule has 5 heteroatoms. The molecule has 1 N–H and O–H groups in total. The number of rotatable bonds is 4. The molecule has 0 aromatic carbocycles. The van der Waals surface area contributed by atoms with Crippen LogP contribution in [0.25, 0.3) is 0 Å². The molecule has 1 aliphatic rings. The molecule has 0 atom stereocenters. The molecule has 0 radical (unpaired) electrons. The van der Waals surface area contributed by atoms with Gasteiger partial charge in [0.1, 0.15) is 0 Å². The summed E-state index contributed by atoms with van der Waals surface area (Å²) in [6.45, 7) is 0.872. The van der Waals surface area contributed by atoms with Crippen LogP contribution >= 0.6 is 0 Å². The first-order valence-electron chi connectivity index (χ1n) is 5.44. The second kappa shape index (κ2) is 4.93. The van der Waals surface area contributed by atoms with E-state index in [2.05, 4.69) is 10.3 Å². The molecule has 1 saturated heterocycles. The van der Waals surface area contributed by atoms with Gasteiger partial charge in [-0.2, -0.15) is 5.26 Å². The summed E-state index contributed by atoms with van der Waals surface area (Å²) < 4.78 is 4.92. The number of nitriles is 1. The second-order valence-electron chi connectivity index (χ2n) is 4.01. The fourth-order valence-electron chi connectivity index (χ4n) is 1.57. The highest BCUT2D eigenvalue weighted by molar-refractivity contribution is 5.86. The predicted octanol–water partition coefficient (Wildman–Crippen LogP) is 0.280. The van der Waals surface area contributed by atoms with E-state index in [9.17, 15) is 4.79 Å². The van der Waals surface area contributed by atoms with Gasteiger partial charge in [-0.3, -0.25) is 9.78 Å². The summed E-state index contributed by atoms with van der Waals surface area (Å²) in [6, 6.07) is 7.66. The summed E-state index contributed by atoms with van der Waals surface area (Å²) in [5.41, 5.74) is -0.0481. The molecule has 0 bridgehead atoms. The zero-order chi connectivity index (χ0) is 12.1. The van der Waals surface area contributed by atoms with Crippen molar-refractivity contribution in [2.75, 3.05) is 19.8 Å². The summed E-state index contributed by atoms with van der Waals surface area (Å²) in [4.78, 5) is 15.9. The molecule has 5 nitrogen and oxygen atoms in total. The molecule has 88 valence electrons. The lowest BCUT2D eigenvalue weighted by molar-refractivity contribution is -0.149. The Hall–Kier alpha value is -1.93. The minimum absolute atomic E-state index is 0.193. The highest BCUT2D eigenvalue weighted by Gasteiger charge is 2.46. The normalized spacial score (nSPS) is 16.6. The van der Waals surface area contributed by atoms with Crippen LogP contribution in [0.3, 0.4) is 0 Å². The molecule has 0 unspecified atom stereocenters. The Kier molecular flexibility index (Phi) is 3.35. The van der Waals surface area contributed by atoms with Crippen LogP contribution in [0.1, 0.15) is 5.69 Å². The van der Waals surface area contributed by atoms with E-state index >= 15 is 0 Å². The van der Waals surface area contributed by atoms with Gasteiger partial charge in [0.2, 0.25) is 5.91 Å². The van der Waals surface area contributed by atoms with Gasteiger partial charge in [0, 0.05) is 24.9 Å².